The first kappa shape index (κ1) is 22.0. The molecule has 6 heteroatoms. The van der Waals surface area contributed by atoms with Gasteiger partial charge < -0.3 is 4.90 Å². The topological polar surface area (TPSA) is 57.7 Å². The number of ketones is 1. The first-order valence-corrected chi connectivity index (χ1v) is 12.6. The van der Waals surface area contributed by atoms with Crippen molar-refractivity contribution in [3.05, 3.63) is 113 Å². The van der Waals surface area contributed by atoms with Gasteiger partial charge in [-0.05, 0) is 41.1 Å². The minimum absolute atomic E-state index is 0.161. The number of halogens is 1. The Morgan fingerprint density at radius 3 is 2.24 bits per heavy atom. The average Bonchev–Trinajstić information content (AvgIpc) is 3.41. The zero-order valence-corrected chi connectivity index (χ0v) is 20.4. The summed E-state index contributed by atoms with van der Waals surface area (Å²) in [6.07, 6.45) is 4.02. The fourth-order valence-corrected chi connectivity index (χ4v) is 6.37. The lowest BCUT2D eigenvalue weighted by molar-refractivity contribution is -0.122. The van der Waals surface area contributed by atoms with Crippen LogP contribution < -0.4 is 9.80 Å². The lowest BCUT2D eigenvalue weighted by Gasteiger charge is -2.37. The maximum atomic E-state index is 14.1. The van der Waals surface area contributed by atoms with Crippen LogP contribution in [-0.2, 0) is 9.59 Å². The summed E-state index contributed by atoms with van der Waals surface area (Å²) in [6.45, 7) is 0. The Labute approximate surface area is 218 Å². The van der Waals surface area contributed by atoms with Crippen molar-refractivity contribution in [3.63, 3.8) is 0 Å². The van der Waals surface area contributed by atoms with E-state index in [1.54, 1.807) is 36.4 Å². The molecule has 0 bridgehead atoms. The smallest absolute Gasteiger partial charge is 0.240 e. The van der Waals surface area contributed by atoms with Crippen molar-refractivity contribution in [2.24, 2.45) is 11.8 Å². The van der Waals surface area contributed by atoms with Gasteiger partial charge >= 0.3 is 0 Å². The molecule has 3 aliphatic rings. The van der Waals surface area contributed by atoms with E-state index >= 15 is 0 Å². The zero-order valence-electron chi connectivity index (χ0n) is 19.6. The van der Waals surface area contributed by atoms with Crippen molar-refractivity contribution in [1.29, 1.82) is 0 Å². The summed E-state index contributed by atoms with van der Waals surface area (Å²) in [5.74, 6) is -2.27. The molecule has 4 aromatic rings. The van der Waals surface area contributed by atoms with Crippen molar-refractivity contribution in [1.82, 2.24) is 0 Å². The summed E-state index contributed by atoms with van der Waals surface area (Å²) >= 11 is 6.05. The standard InChI is InChI=1S/C31H21ClN2O3/c32-20-11-13-21(14-12-20)33-30(36)26-25-17-15-23-22-9-5-4-6-18(22)10-16-24(23)34(25)28(27(26)31(33)37)29(35)19-7-2-1-3-8-19/h1-17,25-28H/t25-,26-,27+,28-/m0/s1. The molecule has 7 rings (SSSR count). The molecule has 37 heavy (non-hydrogen) atoms. The first-order chi connectivity index (χ1) is 18.0. The van der Waals surface area contributed by atoms with E-state index in [0.29, 0.717) is 16.3 Å². The number of hydrogen-bond donors (Lipinski definition) is 0. The van der Waals surface area contributed by atoms with E-state index in [4.69, 9.17) is 11.6 Å². The maximum absolute atomic E-state index is 14.1. The summed E-state index contributed by atoms with van der Waals surface area (Å²) in [5, 5.41) is 2.68. The molecule has 3 heterocycles. The third-order valence-electron chi connectivity index (χ3n) is 7.82. The summed E-state index contributed by atoms with van der Waals surface area (Å²) in [5.41, 5.74) is 2.86. The summed E-state index contributed by atoms with van der Waals surface area (Å²) < 4.78 is 0. The van der Waals surface area contributed by atoms with Crippen molar-refractivity contribution in [2.75, 3.05) is 9.80 Å². The highest BCUT2D eigenvalue weighted by Gasteiger charge is 2.64. The molecule has 3 aliphatic heterocycles. The summed E-state index contributed by atoms with van der Waals surface area (Å²) in [7, 11) is 0. The lowest BCUT2D eigenvalue weighted by atomic mass is 9.86. The van der Waals surface area contributed by atoms with Crippen LogP contribution >= 0.6 is 11.6 Å². The molecule has 2 fully saturated rings. The molecule has 0 aromatic heterocycles. The van der Waals surface area contributed by atoms with Gasteiger partial charge in [0.1, 0.15) is 6.04 Å². The maximum Gasteiger partial charge on any atom is 0.240 e. The third kappa shape index (κ3) is 3.14. The van der Waals surface area contributed by atoms with Crippen molar-refractivity contribution >= 4 is 57.4 Å². The Hall–Kier alpha value is -4.22. The SMILES string of the molecule is O=C(c1ccccc1)[C@@H]1[C@@H]2C(=O)N(c3ccc(Cl)cc3)C(=O)[C@H]2[C@@H]2C=Cc3c(ccc4ccccc34)N12. The van der Waals surface area contributed by atoms with E-state index in [1.807, 2.05) is 59.5 Å². The van der Waals surface area contributed by atoms with E-state index in [1.165, 1.54) is 4.90 Å². The summed E-state index contributed by atoms with van der Waals surface area (Å²) in [6, 6.07) is 26.6. The summed E-state index contributed by atoms with van der Waals surface area (Å²) in [4.78, 5) is 45.2. The number of carbonyl (C=O) groups is 3. The Balaban J connectivity index is 1.40. The number of nitrogens with zero attached hydrogens (tertiary/aromatic N) is 2. The van der Waals surface area contributed by atoms with Crippen LogP contribution in [0.25, 0.3) is 16.8 Å². The van der Waals surface area contributed by atoms with Gasteiger partial charge in [0, 0.05) is 21.8 Å². The largest absolute Gasteiger partial charge is 0.352 e. The third-order valence-corrected chi connectivity index (χ3v) is 8.08. The number of anilines is 2. The van der Waals surface area contributed by atoms with Crippen LogP contribution in [0, 0.1) is 11.8 Å². The van der Waals surface area contributed by atoms with Crippen LogP contribution in [0.4, 0.5) is 11.4 Å². The Morgan fingerprint density at radius 2 is 1.46 bits per heavy atom. The van der Waals surface area contributed by atoms with E-state index in [-0.39, 0.29) is 17.6 Å². The van der Waals surface area contributed by atoms with Gasteiger partial charge in [0.05, 0.1) is 23.6 Å². The highest BCUT2D eigenvalue weighted by molar-refractivity contribution is 6.31. The molecule has 0 spiro atoms. The predicted octanol–water partition coefficient (Wildman–Crippen LogP) is 5.77. The molecule has 4 aromatic carbocycles. The molecular weight excluding hydrogens is 484 g/mol. The minimum Gasteiger partial charge on any atom is -0.352 e. The van der Waals surface area contributed by atoms with Crippen LogP contribution in [0.2, 0.25) is 5.02 Å². The number of hydrogen-bond acceptors (Lipinski definition) is 4. The second-order valence-electron chi connectivity index (χ2n) is 9.69. The van der Waals surface area contributed by atoms with Crippen LogP contribution in [-0.4, -0.2) is 29.7 Å². The molecule has 180 valence electrons. The van der Waals surface area contributed by atoms with Gasteiger partial charge in [-0.1, -0.05) is 84.4 Å². The fourth-order valence-electron chi connectivity index (χ4n) is 6.24. The quantitative estimate of drug-likeness (QED) is 0.263. The molecular formula is C31H21ClN2O3. The van der Waals surface area contributed by atoms with Crippen molar-refractivity contribution in [2.45, 2.75) is 12.1 Å². The molecule has 0 aliphatic carbocycles. The number of imide groups is 1. The predicted molar refractivity (Wildman–Crippen MR) is 145 cm³/mol. The van der Waals surface area contributed by atoms with Crippen LogP contribution in [0.15, 0.2) is 97.1 Å². The molecule has 2 amide bonds. The van der Waals surface area contributed by atoms with E-state index < -0.39 is 23.9 Å². The Bertz CT molecular complexity index is 1630. The highest BCUT2D eigenvalue weighted by atomic mass is 35.5. The second-order valence-corrected chi connectivity index (χ2v) is 10.1. The van der Waals surface area contributed by atoms with Crippen molar-refractivity contribution in [3.8, 4) is 0 Å². The molecule has 0 N–H and O–H groups in total. The normalized spacial score (nSPS) is 23.8. The molecule has 4 atom stereocenters. The fraction of sp³-hybridized carbons (Fsp3) is 0.129. The van der Waals surface area contributed by atoms with Gasteiger partial charge in [0.15, 0.2) is 5.78 Å². The number of rotatable bonds is 3. The average molecular weight is 505 g/mol. The molecule has 5 nitrogen and oxygen atoms in total. The molecule has 0 saturated carbocycles. The number of fused-ring (bicyclic) bond motifs is 7. The van der Waals surface area contributed by atoms with E-state index in [2.05, 4.69) is 12.1 Å². The highest BCUT2D eigenvalue weighted by Crippen LogP contribution is 2.50. The Kier molecular flexibility index (Phi) is 4.85. The van der Waals surface area contributed by atoms with Gasteiger partial charge in [-0.25, -0.2) is 4.90 Å². The number of carbonyl (C=O) groups excluding carboxylic acids is 3. The van der Waals surface area contributed by atoms with Crippen LogP contribution in [0.1, 0.15) is 15.9 Å². The van der Waals surface area contributed by atoms with Crippen molar-refractivity contribution < 1.29 is 14.4 Å². The van der Waals surface area contributed by atoms with Gasteiger partial charge in [0.2, 0.25) is 11.8 Å². The van der Waals surface area contributed by atoms with E-state index in [0.717, 1.165) is 22.0 Å². The number of benzene rings is 4. The van der Waals surface area contributed by atoms with Gasteiger partial charge in [-0.3, -0.25) is 14.4 Å². The van der Waals surface area contributed by atoms with Gasteiger partial charge in [0.25, 0.3) is 0 Å². The monoisotopic (exact) mass is 504 g/mol. The molecule has 2 saturated heterocycles. The first-order valence-electron chi connectivity index (χ1n) is 12.3. The van der Waals surface area contributed by atoms with Gasteiger partial charge in [-0.15, -0.1) is 0 Å². The van der Waals surface area contributed by atoms with E-state index in [9.17, 15) is 14.4 Å². The molecule has 0 radical (unpaired) electrons. The molecule has 0 unspecified atom stereocenters. The second kappa shape index (κ2) is 8.15. The number of amides is 2. The number of Topliss-reactive ketones (excluding diaryl/α,β-unsaturated/α-hetero) is 1. The van der Waals surface area contributed by atoms with Crippen LogP contribution in [0.5, 0.6) is 0 Å². The van der Waals surface area contributed by atoms with Crippen LogP contribution in [0.3, 0.4) is 0 Å². The zero-order chi connectivity index (χ0) is 25.3. The minimum atomic E-state index is -0.809. The van der Waals surface area contributed by atoms with Gasteiger partial charge in [-0.2, -0.15) is 0 Å². The Morgan fingerprint density at radius 1 is 0.757 bits per heavy atom. The lowest BCUT2D eigenvalue weighted by Crippen LogP contribution is -2.48.